The molecule has 2 unspecified atom stereocenters. The summed E-state index contributed by atoms with van der Waals surface area (Å²) in [6, 6.07) is 4.42. The second-order valence-corrected chi connectivity index (χ2v) is 6.90. The topological polar surface area (TPSA) is 259 Å². The van der Waals surface area contributed by atoms with E-state index in [1.165, 1.54) is 12.1 Å². The first-order valence-electron chi connectivity index (χ1n) is 8.99. The van der Waals surface area contributed by atoms with Crippen LogP contribution >= 0.6 is 0 Å². The third-order valence-corrected chi connectivity index (χ3v) is 4.09. The van der Waals surface area contributed by atoms with Crippen LogP contribution in [0.2, 0.25) is 0 Å². The average molecular weight is 486 g/mol. The van der Waals surface area contributed by atoms with Gasteiger partial charge in [0.15, 0.2) is 11.2 Å². The van der Waals surface area contributed by atoms with Crippen LogP contribution in [0.25, 0.3) is 0 Å². The number of carboxylic acid groups (broad SMARTS) is 4. The number of ether oxygens (including phenoxy) is 2. The Balaban J connectivity index is 3.01. The molecule has 34 heavy (non-hydrogen) atoms. The van der Waals surface area contributed by atoms with Gasteiger partial charge in [0, 0.05) is 0 Å². The normalized spacial score (nSPS) is 14.1. The minimum absolute atomic E-state index is 0.604. The van der Waals surface area contributed by atoms with Crippen LogP contribution in [-0.4, -0.2) is 83.6 Å². The predicted octanol–water partition coefficient (Wildman–Crippen LogP) is -1.36. The first-order chi connectivity index (χ1) is 15.6. The lowest BCUT2D eigenvalue weighted by Crippen LogP contribution is -2.43. The molecule has 1 aromatic rings. The Hall–Kier alpha value is -4.37. The third-order valence-electron chi connectivity index (χ3n) is 4.09. The van der Waals surface area contributed by atoms with Gasteiger partial charge < -0.3 is 40.1 Å². The molecule has 184 valence electrons. The van der Waals surface area contributed by atoms with Crippen molar-refractivity contribution in [3.63, 3.8) is 0 Å². The first-order valence-corrected chi connectivity index (χ1v) is 8.99. The quantitative estimate of drug-likeness (QED) is 0.113. The largest absolute Gasteiger partial charge is 0.481 e. The smallest absolute Gasteiger partial charge is 0.349 e. The molecule has 0 fully saturated rings. The number of aliphatic carboxylic acids is 4. The number of esters is 3. The minimum atomic E-state index is -3.08. The molecule has 15 heteroatoms. The zero-order chi connectivity index (χ0) is 26.3. The molecule has 0 aliphatic heterocycles. The highest BCUT2D eigenvalue weighted by Gasteiger charge is 2.43. The van der Waals surface area contributed by atoms with Crippen LogP contribution in [0.5, 0.6) is 5.75 Å². The van der Waals surface area contributed by atoms with E-state index in [1.807, 2.05) is 0 Å². The van der Waals surface area contributed by atoms with E-state index in [1.54, 1.807) is 0 Å². The van der Waals surface area contributed by atoms with Gasteiger partial charge in [-0.25, -0.2) is 14.4 Å². The number of rotatable bonds is 12. The van der Waals surface area contributed by atoms with E-state index < -0.39 is 90.0 Å². The summed E-state index contributed by atoms with van der Waals surface area (Å²) in [7, 11) is 0. The van der Waals surface area contributed by atoms with Gasteiger partial charge in [0.1, 0.15) is 11.3 Å². The van der Waals surface area contributed by atoms with Gasteiger partial charge in [-0.3, -0.25) is 19.2 Å². The van der Waals surface area contributed by atoms with Gasteiger partial charge in [-0.15, -0.1) is 0 Å². The van der Waals surface area contributed by atoms with E-state index in [0.29, 0.717) is 0 Å². The summed E-state index contributed by atoms with van der Waals surface area (Å²) in [5, 5.41) is 55.0. The minimum Gasteiger partial charge on any atom is -0.481 e. The van der Waals surface area contributed by atoms with Crippen LogP contribution in [0.4, 0.5) is 0 Å². The van der Waals surface area contributed by atoms with E-state index >= 15 is 0 Å². The molecule has 6 N–H and O–H groups in total. The fourth-order valence-electron chi connectivity index (χ4n) is 2.48. The Bertz CT molecular complexity index is 1030. The van der Waals surface area contributed by atoms with Crippen LogP contribution in [0.1, 0.15) is 36.0 Å². The van der Waals surface area contributed by atoms with Gasteiger partial charge in [-0.05, 0) is 12.1 Å². The van der Waals surface area contributed by atoms with Gasteiger partial charge in [0.2, 0.25) is 0 Å². The maximum Gasteiger partial charge on any atom is 0.349 e. The number of hydrogen-bond acceptors (Lipinski definition) is 11. The molecule has 0 saturated heterocycles. The fourth-order valence-corrected chi connectivity index (χ4v) is 2.48. The second-order valence-electron chi connectivity index (χ2n) is 6.90. The molecule has 15 nitrogen and oxygen atoms in total. The SMILES string of the molecule is O=C(O)CC(O)(CC(=O)OC(=O)c1ccccc1OC(=O)CC(O)(CC(=O)O)C(=O)O)C(=O)O. The number of carbonyl (C=O) groups is 7. The monoisotopic (exact) mass is 486 g/mol. The summed E-state index contributed by atoms with van der Waals surface area (Å²) in [6.07, 6.45) is -5.50. The summed E-state index contributed by atoms with van der Waals surface area (Å²) in [5.74, 6) is -12.8. The van der Waals surface area contributed by atoms with Crippen LogP contribution < -0.4 is 4.74 Å². The highest BCUT2D eigenvalue weighted by molar-refractivity contribution is 6.01. The van der Waals surface area contributed by atoms with Gasteiger partial charge in [-0.1, -0.05) is 12.1 Å². The van der Waals surface area contributed by atoms with Crippen molar-refractivity contribution in [1.29, 1.82) is 0 Å². The molecule has 1 aromatic carbocycles. The lowest BCUT2D eigenvalue weighted by molar-refractivity contribution is -0.170. The van der Waals surface area contributed by atoms with Gasteiger partial charge in [0.25, 0.3) is 0 Å². The van der Waals surface area contributed by atoms with E-state index in [2.05, 4.69) is 4.74 Å². The van der Waals surface area contributed by atoms with Crippen molar-refractivity contribution in [2.24, 2.45) is 0 Å². The predicted molar refractivity (Wildman–Crippen MR) is 101 cm³/mol. The zero-order valence-electron chi connectivity index (χ0n) is 17.0. The maximum atomic E-state index is 12.3. The molecule has 0 radical (unpaired) electrons. The van der Waals surface area contributed by atoms with E-state index in [9.17, 15) is 43.8 Å². The molecule has 0 aromatic heterocycles. The average Bonchev–Trinajstić information content (AvgIpc) is 2.66. The lowest BCUT2D eigenvalue weighted by Gasteiger charge is -2.20. The second kappa shape index (κ2) is 11.0. The van der Waals surface area contributed by atoms with Crippen LogP contribution in [0, 0.1) is 0 Å². The van der Waals surface area contributed by atoms with E-state index in [4.69, 9.17) is 25.2 Å². The number of para-hydroxylation sites is 1. The number of aliphatic hydroxyl groups is 2. The summed E-state index contributed by atoms with van der Waals surface area (Å²) in [5.41, 5.74) is -6.72. The van der Waals surface area contributed by atoms with Gasteiger partial charge >= 0.3 is 41.8 Å². The van der Waals surface area contributed by atoms with Crippen molar-refractivity contribution in [2.45, 2.75) is 36.9 Å². The van der Waals surface area contributed by atoms with Crippen molar-refractivity contribution < 1.29 is 73.7 Å². The Labute approximate surface area is 188 Å². The fraction of sp³-hybridized carbons (Fsp3) is 0.316. The lowest BCUT2D eigenvalue weighted by atomic mass is 9.96. The molecular weight excluding hydrogens is 468 g/mol. The summed E-state index contributed by atoms with van der Waals surface area (Å²) >= 11 is 0. The number of carbonyl (C=O) groups excluding carboxylic acids is 3. The Morgan fingerprint density at radius 1 is 0.676 bits per heavy atom. The molecule has 0 heterocycles. The number of benzene rings is 1. The summed E-state index contributed by atoms with van der Waals surface area (Å²) < 4.78 is 9.15. The Morgan fingerprint density at radius 2 is 1.12 bits per heavy atom. The van der Waals surface area contributed by atoms with Crippen molar-refractivity contribution in [3.8, 4) is 5.75 Å². The molecule has 0 aliphatic rings. The van der Waals surface area contributed by atoms with Crippen molar-refractivity contribution in [2.75, 3.05) is 0 Å². The van der Waals surface area contributed by atoms with E-state index in [-0.39, 0.29) is 0 Å². The van der Waals surface area contributed by atoms with E-state index in [0.717, 1.165) is 12.1 Å². The zero-order valence-corrected chi connectivity index (χ0v) is 17.0. The molecule has 1 rings (SSSR count). The third kappa shape index (κ3) is 7.64. The van der Waals surface area contributed by atoms with Crippen LogP contribution in [0.15, 0.2) is 24.3 Å². The molecule has 0 saturated carbocycles. The highest BCUT2D eigenvalue weighted by Crippen LogP contribution is 2.24. The molecular formula is C19H18O15. The summed E-state index contributed by atoms with van der Waals surface area (Å²) in [6.45, 7) is 0. The van der Waals surface area contributed by atoms with Crippen molar-refractivity contribution in [3.05, 3.63) is 29.8 Å². The maximum absolute atomic E-state index is 12.3. The molecule has 0 bridgehead atoms. The van der Waals surface area contributed by atoms with Gasteiger partial charge in [-0.2, -0.15) is 0 Å². The van der Waals surface area contributed by atoms with Gasteiger partial charge in [0.05, 0.1) is 25.7 Å². The first kappa shape index (κ1) is 27.7. The summed E-state index contributed by atoms with van der Waals surface area (Å²) in [4.78, 5) is 79.9. The Morgan fingerprint density at radius 3 is 1.56 bits per heavy atom. The van der Waals surface area contributed by atoms with Crippen molar-refractivity contribution >= 4 is 41.8 Å². The van der Waals surface area contributed by atoms with Crippen LogP contribution in [-0.2, 0) is 33.5 Å². The number of hydrogen-bond donors (Lipinski definition) is 6. The number of carboxylic acids is 4. The molecule has 2 atom stereocenters. The molecule has 0 spiro atoms. The molecule has 0 amide bonds. The molecule has 0 aliphatic carbocycles. The van der Waals surface area contributed by atoms with Crippen LogP contribution in [0.3, 0.4) is 0 Å². The standard InChI is InChI=1S/C19H18O15/c20-11(21)5-18(31,16(27)28)7-13(24)33-10-4-2-1-3-9(10)15(26)34-14(25)8-19(32,17(29)30)6-12(22)23/h1-4,31-32H,5-8H2,(H,20,21)(H,22,23)(H,27,28)(H,29,30). The van der Waals surface area contributed by atoms with Crippen molar-refractivity contribution in [1.82, 2.24) is 0 Å². The Kier molecular flexibility index (Phi) is 8.93. The highest BCUT2D eigenvalue weighted by atomic mass is 16.6.